The van der Waals surface area contributed by atoms with Gasteiger partial charge in [-0.15, -0.1) is 0 Å². The van der Waals surface area contributed by atoms with Gasteiger partial charge in [-0.25, -0.2) is 0 Å². The van der Waals surface area contributed by atoms with Gasteiger partial charge in [-0.2, -0.15) is 0 Å². The first kappa shape index (κ1) is 12.8. The van der Waals surface area contributed by atoms with E-state index in [9.17, 15) is 10.1 Å². The lowest BCUT2D eigenvalue weighted by Crippen LogP contribution is -2.31. The smallest absolute Gasteiger partial charge is 0.269 e. The van der Waals surface area contributed by atoms with E-state index in [0.29, 0.717) is 6.04 Å². The van der Waals surface area contributed by atoms with Gasteiger partial charge in [0.15, 0.2) is 0 Å². The van der Waals surface area contributed by atoms with Crippen molar-refractivity contribution in [3.63, 3.8) is 0 Å². The summed E-state index contributed by atoms with van der Waals surface area (Å²) in [6.45, 7) is 3.95. The number of rotatable bonds is 4. The Kier molecular flexibility index (Phi) is 3.81. The van der Waals surface area contributed by atoms with Crippen LogP contribution in [-0.4, -0.2) is 36.0 Å². The average molecular weight is 249 g/mol. The van der Waals surface area contributed by atoms with Crippen molar-refractivity contribution in [2.45, 2.75) is 25.8 Å². The molecule has 2 rings (SSSR count). The van der Waals surface area contributed by atoms with E-state index in [2.05, 4.69) is 17.3 Å². The lowest BCUT2D eigenvalue weighted by molar-refractivity contribution is -0.384. The second-order valence-corrected chi connectivity index (χ2v) is 4.91. The van der Waals surface area contributed by atoms with Crippen molar-refractivity contribution in [3.05, 3.63) is 33.9 Å². The zero-order chi connectivity index (χ0) is 13.1. The van der Waals surface area contributed by atoms with Crippen molar-refractivity contribution < 1.29 is 4.92 Å². The van der Waals surface area contributed by atoms with Gasteiger partial charge >= 0.3 is 0 Å². The fraction of sp³-hybridized carbons (Fsp3) is 0.538. The standard InChI is InChI=1S/C13H19N3O2/c1-10-8-11(16(17)18)5-6-13(10)14-9-12-4-3-7-15(12)2/h5-6,8,12,14H,3-4,7,9H2,1-2H3. The second kappa shape index (κ2) is 5.35. The largest absolute Gasteiger partial charge is 0.383 e. The number of nitrogens with zero attached hydrogens (tertiary/aromatic N) is 2. The van der Waals surface area contributed by atoms with Crippen LogP contribution in [-0.2, 0) is 0 Å². The molecule has 5 heteroatoms. The molecule has 1 aliphatic heterocycles. The van der Waals surface area contributed by atoms with Gasteiger partial charge in [-0.3, -0.25) is 10.1 Å². The lowest BCUT2D eigenvalue weighted by atomic mass is 10.1. The van der Waals surface area contributed by atoms with Gasteiger partial charge in [0.2, 0.25) is 0 Å². The van der Waals surface area contributed by atoms with Gasteiger partial charge in [0, 0.05) is 30.4 Å². The van der Waals surface area contributed by atoms with Gasteiger partial charge in [-0.1, -0.05) is 0 Å². The van der Waals surface area contributed by atoms with Crippen LogP contribution in [0.1, 0.15) is 18.4 Å². The van der Waals surface area contributed by atoms with Gasteiger partial charge in [0.25, 0.3) is 5.69 Å². The SMILES string of the molecule is Cc1cc([N+](=O)[O-])ccc1NCC1CCCN1C. The maximum absolute atomic E-state index is 10.7. The molecule has 1 N–H and O–H groups in total. The zero-order valence-electron chi connectivity index (χ0n) is 10.8. The summed E-state index contributed by atoms with van der Waals surface area (Å²) in [6.07, 6.45) is 2.47. The van der Waals surface area contributed by atoms with E-state index in [4.69, 9.17) is 0 Å². The molecule has 1 saturated heterocycles. The van der Waals surface area contributed by atoms with Crippen LogP contribution in [0.25, 0.3) is 0 Å². The summed E-state index contributed by atoms with van der Waals surface area (Å²) >= 11 is 0. The van der Waals surface area contributed by atoms with E-state index < -0.39 is 0 Å². The maximum Gasteiger partial charge on any atom is 0.269 e. The summed E-state index contributed by atoms with van der Waals surface area (Å²) in [5.41, 5.74) is 2.06. The van der Waals surface area contributed by atoms with Gasteiger partial charge in [-0.05, 0) is 45.0 Å². The first-order chi connectivity index (χ1) is 8.58. The summed E-state index contributed by atoms with van der Waals surface area (Å²) in [6, 6.07) is 5.52. The van der Waals surface area contributed by atoms with Crippen LogP contribution in [0.2, 0.25) is 0 Å². The van der Waals surface area contributed by atoms with Gasteiger partial charge in [0.05, 0.1) is 4.92 Å². The average Bonchev–Trinajstić information content (AvgIpc) is 2.73. The monoisotopic (exact) mass is 249 g/mol. The molecule has 1 unspecified atom stereocenters. The first-order valence-electron chi connectivity index (χ1n) is 6.27. The molecule has 0 saturated carbocycles. The normalized spacial score (nSPS) is 20.0. The highest BCUT2D eigenvalue weighted by Gasteiger charge is 2.20. The van der Waals surface area contributed by atoms with Crippen molar-refractivity contribution >= 4 is 11.4 Å². The minimum Gasteiger partial charge on any atom is -0.383 e. The highest BCUT2D eigenvalue weighted by Crippen LogP contribution is 2.22. The summed E-state index contributed by atoms with van der Waals surface area (Å²) in [7, 11) is 2.14. The number of nitrogens with one attached hydrogen (secondary N) is 1. The van der Waals surface area contributed by atoms with E-state index in [0.717, 1.165) is 24.3 Å². The Hall–Kier alpha value is -1.62. The number of hydrogen-bond donors (Lipinski definition) is 1. The van der Waals surface area contributed by atoms with Crippen LogP contribution in [0.3, 0.4) is 0 Å². The molecule has 0 radical (unpaired) electrons. The van der Waals surface area contributed by atoms with E-state index in [1.165, 1.54) is 12.8 Å². The lowest BCUT2D eigenvalue weighted by Gasteiger charge is -2.20. The summed E-state index contributed by atoms with van der Waals surface area (Å²) in [5, 5.41) is 14.0. The molecule has 0 amide bonds. The fourth-order valence-electron chi connectivity index (χ4n) is 2.42. The van der Waals surface area contributed by atoms with E-state index in [1.54, 1.807) is 18.2 Å². The third kappa shape index (κ3) is 2.79. The Labute approximate surface area is 107 Å². The molecule has 5 nitrogen and oxygen atoms in total. The molecule has 0 aliphatic carbocycles. The molecule has 0 bridgehead atoms. The van der Waals surface area contributed by atoms with Gasteiger partial charge in [0.1, 0.15) is 0 Å². The predicted molar refractivity (Wildman–Crippen MR) is 72.0 cm³/mol. The van der Waals surface area contributed by atoms with Crippen LogP contribution in [0.5, 0.6) is 0 Å². The third-order valence-electron chi connectivity index (χ3n) is 3.62. The van der Waals surface area contributed by atoms with Crippen molar-refractivity contribution in [3.8, 4) is 0 Å². The number of likely N-dealkylation sites (tertiary alicyclic amines) is 1. The molecular weight excluding hydrogens is 230 g/mol. The minimum atomic E-state index is -0.360. The quantitative estimate of drug-likeness (QED) is 0.657. The topological polar surface area (TPSA) is 58.4 Å². The summed E-state index contributed by atoms with van der Waals surface area (Å²) in [5.74, 6) is 0. The Balaban J connectivity index is 1.99. The van der Waals surface area contributed by atoms with E-state index in [-0.39, 0.29) is 10.6 Å². The van der Waals surface area contributed by atoms with Crippen LogP contribution in [0, 0.1) is 17.0 Å². The Bertz CT molecular complexity index is 448. The van der Waals surface area contributed by atoms with E-state index in [1.807, 2.05) is 6.92 Å². The van der Waals surface area contributed by atoms with Gasteiger partial charge < -0.3 is 10.2 Å². The number of nitro benzene ring substituents is 1. The van der Waals surface area contributed by atoms with Crippen LogP contribution in [0.15, 0.2) is 18.2 Å². The Morgan fingerprint density at radius 3 is 2.89 bits per heavy atom. The number of likely N-dealkylation sites (N-methyl/N-ethyl adjacent to an activating group) is 1. The minimum absolute atomic E-state index is 0.149. The Morgan fingerprint density at radius 2 is 2.33 bits per heavy atom. The van der Waals surface area contributed by atoms with Crippen molar-refractivity contribution in [1.29, 1.82) is 0 Å². The zero-order valence-corrected chi connectivity index (χ0v) is 10.8. The molecule has 1 aliphatic rings. The molecule has 1 aromatic rings. The fourth-order valence-corrected chi connectivity index (χ4v) is 2.42. The molecular formula is C13H19N3O2. The van der Waals surface area contributed by atoms with Crippen LogP contribution < -0.4 is 5.32 Å². The molecule has 1 aromatic carbocycles. The highest BCUT2D eigenvalue weighted by atomic mass is 16.6. The highest BCUT2D eigenvalue weighted by molar-refractivity contribution is 5.55. The Morgan fingerprint density at radius 1 is 1.56 bits per heavy atom. The summed E-state index contributed by atoms with van der Waals surface area (Å²) in [4.78, 5) is 12.6. The molecule has 0 spiro atoms. The first-order valence-corrected chi connectivity index (χ1v) is 6.27. The van der Waals surface area contributed by atoms with Crippen LogP contribution in [0.4, 0.5) is 11.4 Å². The van der Waals surface area contributed by atoms with E-state index >= 15 is 0 Å². The molecule has 98 valence electrons. The predicted octanol–water partition coefficient (Wildman–Crippen LogP) is 2.41. The molecule has 1 fully saturated rings. The van der Waals surface area contributed by atoms with Crippen molar-refractivity contribution in [2.24, 2.45) is 0 Å². The van der Waals surface area contributed by atoms with Crippen molar-refractivity contribution in [1.82, 2.24) is 4.90 Å². The number of non-ortho nitro benzene ring substituents is 1. The molecule has 0 aromatic heterocycles. The molecule has 1 atom stereocenters. The number of benzene rings is 1. The molecule has 1 heterocycles. The second-order valence-electron chi connectivity index (χ2n) is 4.91. The number of aryl methyl sites for hydroxylation is 1. The third-order valence-corrected chi connectivity index (χ3v) is 3.62. The molecule has 18 heavy (non-hydrogen) atoms. The number of anilines is 1. The van der Waals surface area contributed by atoms with Crippen LogP contribution >= 0.6 is 0 Å². The van der Waals surface area contributed by atoms with Crippen molar-refractivity contribution in [2.75, 3.05) is 25.5 Å². The number of nitro groups is 1. The number of hydrogen-bond acceptors (Lipinski definition) is 4. The summed E-state index contributed by atoms with van der Waals surface area (Å²) < 4.78 is 0. The maximum atomic E-state index is 10.7.